The highest BCUT2D eigenvalue weighted by Gasteiger charge is 2.17. The average Bonchev–Trinajstić information content (AvgIpc) is 2.02. The van der Waals surface area contributed by atoms with E-state index in [-0.39, 0.29) is 6.61 Å². The van der Waals surface area contributed by atoms with Crippen molar-refractivity contribution in [3.8, 4) is 0 Å². The third-order valence-electron chi connectivity index (χ3n) is 2.28. The predicted molar refractivity (Wildman–Crippen MR) is 53.3 cm³/mol. The highest BCUT2D eigenvalue weighted by Crippen LogP contribution is 2.29. The van der Waals surface area contributed by atoms with E-state index in [0.717, 1.165) is 12.2 Å². The molecule has 0 fully saturated rings. The molecule has 2 heteroatoms. The van der Waals surface area contributed by atoms with Gasteiger partial charge in [0.05, 0.1) is 6.61 Å². The van der Waals surface area contributed by atoms with Crippen LogP contribution in [0.2, 0.25) is 0 Å². The van der Waals surface area contributed by atoms with Crippen LogP contribution in [-0.2, 0) is 4.74 Å². The molecule has 0 heterocycles. The Bertz CT molecular complexity index is 238. The summed E-state index contributed by atoms with van der Waals surface area (Å²) >= 11 is 0. The van der Waals surface area contributed by atoms with Gasteiger partial charge in [-0.2, -0.15) is 0 Å². The smallest absolute Gasteiger partial charge is 0.111 e. The third kappa shape index (κ3) is 2.59. The summed E-state index contributed by atoms with van der Waals surface area (Å²) in [6.45, 7) is 6.86. The number of aliphatic hydroxyl groups is 1. The van der Waals surface area contributed by atoms with Crippen LogP contribution in [0.3, 0.4) is 0 Å². The van der Waals surface area contributed by atoms with E-state index in [4.69, 9.17) is 9.84 Å². The molecule has 1 unspecified atom stereocenters. The van der Waals surface area contributed by atoms with Crippen LogP contribution in [0, 0.1) is 5.92 Å². The predicted octanol–water partition coefficient (Wildman–Crippen LogP) is 2.26. The Morgan fingerprint density at radius 2 is 2.23 bits per heavy atom. The van der Waals surface area contributed by atoms with Crippen molar-refractivity contribution in [1.82, 2.24) is 0 Å². The Labute approximate surface area is 79.9 Å². The molecule has 0 aliphatic heterocycles. The van der Waals surface area contributed by atoms with Gasteiger partial charge in [-0.3, -0.25) is 0 Å². The minimum Gasteiger partial charge on any atom is -0.495 e. The summed E-state index contributed by atoms with van der Waals surface area (Å²) in [5.41, 5.74) is 2.60. The van der Waals surface area contributed by atoms with Crippen molar-refractivity contribution in [3.05, 3.63) is 23.0 Å². The molecule has 2 nitrogen and oxygen atoms in total. The van der Waals surface area contributed by atoms with E-state index < -0.39 is 0 Å². The van der Waals surface area contributed by atoms with Crippen molar-refractivity contribution in [1.29, 1.82) is 0 Å². The molecular formula is C11H18O2. The molecule has 0 aromatic carbocycles. The second kappa shape index (κ2) is 4.47. The van der Waals surface area contributed by atoms with Gasteiger partial charge in [-0.15, -0.1) is 0 Å². The highest BCUT2D eigenvalue weighted by molar-refractivity contribution is 5.30. The lowest BCUT2D eigenvalue weighted by molar-refractivity contribution is 0.124. The second-order valence-corrected chi connectivity index (χ2v) is 3.72. The molecule has 74 valence electrons. The van der Waals surface area contributed by atoms with Gasteiger partial charge in [0.2, 0.25) is 0 Å². The lowest BCUT2D eigenvalue weighted by atomic mass is 9.91. The molecular weight excluding hydrogens is 164 g/mol. The molecule has 0 spiro atoms. The Morgan fingerprint density at radius 1 is 1.54 bits per heavy atom. The summed E-state index contributed by atoms with van der Waals surface area (Å²) in [5.74, 6) is 1.50. The Kier molecular flexibility index (Phi) is 3.55. The fourth-order valence-electron chi connectivity index (χ4n) is 1.88. The molecule has 0 amide bonds. The summed E-state index contributed by atoms with van der Waals surface area (Å²) in [6.07, 6.45) is 3.23. The van der Waals surface area contributed by atoms with Crippen LogP contribution < -0.4 is 0 Å². The molecule has 1 aliphatic carbocycles. The van der Waals surface area contributed by atoms with E-state index >= 15 is 0 Å². The second-order valence-electron chi connectivity index (χ2n) is 3.72. The number of allylic oxidation sites excluding steroid dienone is 4. The first kappa shape index (κ1) is 10.3. The van der Waals surface area contributed by atoms with Gasteiger partial charge in [-0.1, -0.05) is 18.6 Å². The SMILES string of the molecule is CC1=CC(C)=C(OCCO)C(C)C1. The van der Waals surface area contributed by atoms with Gasteiger partial charge in [0.1, 0.15) is 12.4 Å². The standard InChI is InChI=1S/C11H18O2/c1-8-6-9(2)11(10(3)7-8)13-5-4-12/h6,10,12H,4-5,7H2,1-3H3. The Morgan fingerprint density at radius 3 is 2.77 bits per heavy atom. The molecule has 1 atom stereocenters. The first-order chi connectivity index (χ1) is 6.15. The number of aliphatic hydroxyl groups excluding tert-OH is 1. The molecule has 0 aromatic rings. The maximum absolute atomic E-state index is 8.66. The molecule has 13 heavy (non-hydrogen) atoms. The third-order valence-corrected chi connectivity index (χ3v) is 2.28. The number of hydrogen-bond donors (Lipinski definition) is 1. The normalized spacial score (nSPS) is 23.1. The van der Waals surface area contributed by atoms with Crippen molar-refractivity contribution in [3.63, 3.8) is 0 Å². The number of rotatable bonds is 3. The van der Waals surface area contributed by atoms with Crippen molar-refractivity contribution in [2.24, 2.45) is 5.92 Å². The number of ether oxygens (including phenoxy) is 1. The fourth-order valence-corrected chi connectivity index (χ4v) is 1.88. The van der Waals surface area contributed by atoms with Crippen LogP contribution >= 0.6 is 0 Å². The minimum atomic E-state index is 0.0895. The van der Waals surface area contributed by atoms with E-state index in [0.29, 0.717) is 12.5 Å². The van der Waals surface area contributed by atoms with Crippen LogP contribution in [0.15, 0.2) is 23.0 Å². The van der Waals surface area contributed by atoms with Gasteiger partial charge in [-0.25, -0.2) is 0 Å². The van der Waals surface area contributed by atoms with Gasteiger partial charge < -0.3 is 9.84 Å². The fraction of sp³-hybridized carbons (Fsp3) is 0.636. The highest BCUT2D eigenvalue weighted by atomic mass is 16.5. The first-order valence-corrected chi connectivity index (χ1v) is 4.76. The molecule has 0 radical (unpaired) electrons. The van der Waals surface area contributed by atoms with Crippen LogP contribution in [0.25, 0.3) is 0 Å². The van der Waals surface area contributed by atoms with Crippen molar-refractivity contribution >= 4 is 0 Å². The quantitative estimate of drug-likeness (QED) is 0.725. The molecule has 1 aliphatic rings. The summed E-state index contributed by atoms with van der Waals surface area (Å²) in [4.78, 5) is 0. The van der Waals surface area contributed by atoms with Gasteiger partial charge in [0.25, 0.3) is 0 Å². The topological polar surface area (TPSA) is 29.5 Å². The Hall–Kier alpha value is -0.760. The lowest BCUT2D eigenvalue weighted by Gasteiger charge is -2.23. The molecule has 0 saturated heterocycles. The van der Waals surface area contributed by atoms with Crippen molar-refractivity contribution < 1.29 is 9.84 Å². The zero-order chi connectivity index (χ0) is 9.84. The van der Waals surface area contributed by atoms with Gasteiger partial charge in [0, 0.05) is 5.92 Å². The van der Waals surface area contributed by atoms with E-state index in [1.165, 1.54) is 11.1 Å². The average molecular weight is 182 g/mol. The Balaban J connectivity index is 2.72. The molecule has 0 saturated carbocycles. The maximum atomic E-state index is 8.66. The molecule has 0 aromatic heterocycles. The van der Waals surface area contributed by atoms with Crippen LogP contribution in [0.1, 0.15) is 27.2 Å². The summed E-state index contributed by atoms with van der Waals surface area (Å²) in [6, 6.07) is 0. The molecule has 0 bridgehead atoms. The summed E-state index contributed by atoms with van der Waals surface area (Å²) in [7, 11) is 0. The van der Waals surface area contributed by atoms with Crippen LogP contribution in [-0.4, -0.2) is 18.3 Å². The summed E-state index contributed by atoms with van der Waals surface area (Å²) < 4.78 is 5.49. The lowest BCUT2D eigenvalue weighted by Crippen LogP contribution is -2.12. The molecule has 1 N–H and O–H groups in total. The largest absolute Gasteiger partial charge is 0.495 e. The van der Waals surface area contributed by atoms with E-state index in [1.54, 1.807) is 0 Å². The zero-order valence-electron chi connectivity index (χ0n) is 8.63. The number of hydrogen-bond acceptors (Lipinski definition) is 2. The monoisotopic (exact) mass is 182 g/mol. The van der Waals surface area contributed by atoms with Crippen LogP contribution in [0.5, 0.6) is 0 Å². The van der Waals surface area contributed by atoms with Crippen molar-refractivity contribution in [2.75, 3.05) is 13.2 Å². The van der Waals surface area contributed by atoms with E-state index in [1.807, 2.05) is 0 Å². The van der Waals surface area contributed by atoms with E-state index in [2.05, 4.69) is 26.8 Å². The van der Waals surface area contributed by atoms with Gasteiger partial charge >= 0.3 is 0 Å². The van der Waals surface area contributed by atoms with Crippen molar-refractivity contribution in [2.45, 2.75) is 27.2 Å². The maximum Gasteiger partial charge on any atom is 0.111 e. The van der Waals surface area contributed by atoms with E-state index in [9.17, 15) is 0 Å². The first-order valence-electron chi connectivity index (χ1n) is 4.76. The minimum absolute atomic E-state index is 0.0895. The zero-order valence-corrected chi connectivity index (χ0v) is 8.63. The van der Waals surface area contributed by atoms with Gasteiger partial charge in [0.15, 0.2) is 0 Å². The summed E-state index contributed by atoms with van der Waals surface area (Å²) in [5, 5.41) is 8.66. The van der Waals surface area contributed by atoms with Gasteiger partial charge in [-0.05, 0) is 25.8 Å². The molecule has 1 rings (SSSR count). The van der Waals surface area contributed by atoms with Crippen LogP contribution in [0.4, 0.5) is 0 Å².